The second-order valence-corrected chi connectivity index (χ2v) is 7.56. The average Bonchev–Trinajstić information content (AvgIpc) is 3.38. The minimum atomic E-state index is -0.360. The molecule has 8 nitrogen and oxygen atoms in total. The summed E-state index contributed by atoms with van der Waals surface area (Å²) in [5.41, 5.74) is 4.97. The normalized spacial score (nSPS) is 10.6. The molecule has 5 aromatic rings. The maximum atomic E-state index is 12.8. The molecule has 0 bridgehead atoms. The molecule has 166 valence electrons. The number of pyridine rings is 1. The van der Waals surface area contributed by atoms with E-state index in [9.17, 15) is 4.79 Å². The molecule has 0 unspecified atom stereocenters. The molecule has 0 saturated heterocycles. The molecule has 3 heterocycles. The maximum absolute atomic E-state index is 12.8. The lowest BCUT2D eigenvalue weighted by atomic mass is 10.1. The summed E-state index contributed by atoms with van der Waals surface area (Å²) < 4.78 is 5.35. The molecule has 0 saturated carbocycles. The smallest absolute Gasteiger partial charge is 0.277 e. The Bertz CT molecular complexity index is 1430. The van der Waals surface area contributed by atoms with Crippen LogP contribution in [0.1, 0.15) is 16.1 Å². The number of aromatic nitrogens is 4. The van der Waals surface area contributed by atoms with Gasteiger partial charge in [0.05, 0.1) is 5.69 Å². The van der Waals surface area contributed by atoms with Gasteiger partial charge in [0.1, 0.15) is 0 Å². The number of benzene rings is 2. The average molecular weight is 448 g/mol. The van der Waals surface area contributed by atoms with Gasteiger partial charge in [0.15, 0.2) is 11.5 Å². The summed E-state index contributed by atoms with van der Waals surface area (Å²) in [6.45, 7) is 1.91. The highest BCUT2D eigenvalue weighted by Gasteiger charge is 2.15. The van der Waals surface area contributed by atoms with Crippen LogP contribution in [-0.2, 0) is 0 Å². The zero-order valence-corrected chi connectivity index (χ0v) is 18.3. The van der Waals surface area contributed by atoms with E-state index < -0.39 is 0 Å². The number of carbonyl (C=O) groups is 1. The number of amides is 1. The van der Waals surface area contributed by atoms with E-state index in [1.807, 2.05) is 73.7 Å². The van der Waals surface area contributed by atoms with Crippen molar-refractivity contribution in [1.29, 1.82) is 0 Å². The van der Waals surface area contributed by atoms with Crippen molar-refractivity contribution in [3.8, 4) is 22.6 Å². The highest BCUT2D eigenvalue weighted by molar-refractivity contribution is 6.04. The van der Waals surface area contributed by atoms with Gasteiger partial charge in [-0.25, -0.2) is 9.97 Å². The fourth-order valence-corrected chi connectivity index (χ4v) is 3.36. The number of aryl methyl sites for hydroxylation is 1. The monoisotopic (exact) mass is 448 g/mol. The standard InChI is InChI=1S/C26H20N6O2/c1-17-9-10-20(29-26-28-13-11-21(31-26)19-8-5-12-27-16-19)14-22(17)30-25(33)23-15-24(34-32-23)18-6-3-2-4-7-18/h2-16H,1H3,(H,30,33)(H,28,29,31). The van der Waals surface area contributed by atoms with Gasteiger partial charge in [0.2, 0.25) is 5.95 Å². The van der Waals surface area contributed by atoms with Crippen LogP contribution in [0.5, 0.6) is 0 Å². The van der Waals surface area contributed by atoms with Gasteiger partial charge < -0.3 is 15.2 Å². The Balaban J connectivity index is 1.33. The second-order valence-electron chi connectivity index (χ2n) is 7.56. The van der Waals surface area contributed by atoms with E-state index in [0.717, 1.165) is 28.1 Å². The van der Waals surface area contributed by atoms with Gasteiger partial charge in [0, 0.05) is 47.2 Å². The topological polar surface area (TPSA) is 106 Å². The molecule has 0 aliphatic carbocycles. The van der Waals surface area contributed by atoms with E-state index in [0.29, 0.717) is 17.4 Å². The molecule has 8 heteroatoms. The van der Waals surface area contributed by atoms with Crippen molar-refractivity contribution >= 4 is 23.2 Å². The van der Waals surface area contributed by atoms with Crippen LogP contribution in [-0.4, -0.2) is 26.0 Å². The van der Waals surface area contributed by atoms with E-state index in [4.69, 9.17) is 4.52 Å². The quantitative estimate of drug-likeness (QED) is 0.353. The Morgan fingerprint density at radius 1 is 0.912 bits per heavy atom. The van der Waals surface area contributed by atoms with Gasteiger partial charge >= 0.3 is 0 Å². The zero-order valence-electron chi connectivity index (χ0n) is 18.3. The van der Waals surface area contributed by atoms with Gasteiger partial charge in [-0.05, 0) is 42.8 Å². The Hall–Kier alpha value is -4.85. The largest absolute Gasteiger partial charge is 0.355 e. The van der Waals surface area contributed by atoms with Crippen molar-refractivity contribution in [3.05, 3.63) is 103 Å². The Kier molecular flexibility index (Phi) is 5.77. The molecule has 0 aliphatic rings. The van der Waals surface area contributed by atoms with Gasteiger partial charge in [-0.1, -0.05) is 41.6 Å². The lowest BCUT2D eigenvalue weighted by molar-refractivity contribution is 0.101. The third-order valence-corrected chi connectivity index (χ3v) is 5.16. The number of anilines is 3. The van der Waals surface area contributed by atoms with Crippen molar-refractivity contribution in [3.63, 3.8) is 0 Å². The first kappa shape index (κ1) is 21.0. The predicted molar refractivity (Wildman–Crippen MR) is 130 cm³/mol. The summed E-state index contributed by atoms with van der Waals surface area (Å²) in [7, 11) is 0. The van der Waals surface area contributed by atoms with Gasteiger partial charge in [-0.15, -0.1) is 0 Å². The molecule has 0 spiro atoms. The number of nitrogens with zero attached hydrogens (tertiary/aromatic N) is 4. The van der Waals surface area contributed by atoms with Crippen molar-refractivity contribution in [2.24, 2.45) is 0 Å². The maximum Gasteiger partial charge on any atom is 0.277 e. The van der Waals surface area contributed by atoms with Crippen LogP contribution in [0.15, 0.2) is 95.9 Å². The minimum absolute atomic E-state index is 0.198. The minimum Gasteiger partial charge on any atom is -0.355 e. The number of carbonyl (C=O) groups excluding carboxylic acids is 1. The molecule has 2 N–H and O–H groups in total. The van der Waals surface area contributed by atoms with E-state index in [2.05, 4.69) is 30.7 Å². The third kappa shape index (κ3) is 4.66. The van der Waals surface area contributed by atoms with Crippen molar-refractivity contribution in [1.82, 2.24) is 20.1 Å². The molecule has 0 radical (unpaired) electrons. The van der Waals surface area contributed by atoms with Gasteiger partial charge in [-0.2, -0.15) is 0 Å². The number of hydrogen-bond acceptors (Lipinski definition) is 7. The molecule has 0 fully saturated rings. The highest BCUT2D eigenvalue weighted by atomic mass is 16.5. The summed E-state index contributed by atoms with van der Waals surface area (Å²) in [5.74, 6) is 0.607. The van der Waals surface area contributed by atoms with Crippen LogP contribution in [0.2, 0.25) is 0 Å². The fourth-order valence-electron chi connectivity index (χ4n) is 3.36. The van der Waals surface area contributed by atoms with E-state index in [1.165, 1.54) is 0 Å². The van der Waals surface area contributed by atoms with Crippen LogP contribution < -0.4 is 10.6 Å². The van der Waals surface area contributed by atoms with Crippen molar-refractivity contribution in [2.45, 2.75) is 6.92 Å². The molecule has 3 aromatic heterocycles. The van der Waals surface area contributed by atoms with Crippen LogP contribution in [0.25, 0.3) is 22.6 Å². The summed E-state index contributed by atoms with van der Waals surface area (Å²) in [6, 6.07) is 22.4. The molecule has 34 heavy (non-hydrogen) atoms. The molecule has 2 aromatic carbocycles. The lowest BCUT2D eigenvalue weighted by Crippen LogP contribution is -2.13. The fraction of sp³-hybridized carbons (Fsp3) is 0.0385. The first-order valence-electron chi connectivity index (χ1n) is 10.6. The summed E-state index contributed by atoms with van der Waals surface area (Å²) in [4.78, 5) is 25.8. The van der Waals surface area contributed by atoms with Crippen LogP contribution >= 0.6 is 0 Å². The second kappa shape index (κ2) is 9.33. The summed E-state index contributed by atoms with van der Waals surface area (Å²) in [6.07, 6.45) is 5.15. The molecule has 1 amide bonds. The van der Waals surface area contributed by atoms with Crippen LogP contribution in [0.3, 0.4) is 0 Å². The van der Waals surface area contributed by atoms with E-state index in [-0.39, 0.29) is 11.6 Å². The first-order chi connectivity index (χ1) is 16.7. The van der Waals surface area contributed by atoms with Crippen molar-refractivity contribution in [2.75, 3.05) is 10.6 Å². The lowest BCUT2D eigenvalue weighted by Gasteiger charge is -2.11. The Morgan fingerprint density at radius 3 is 2.59 bits per heavy atom. The number of rotatable bonds is 6. The summed E-state index contributed by atoms with van der Waals surface area (Å²) >= 11 is 0. The molecule has 5 rings (SSSR count). The molecule has 0 atom stereocenters. The zero-order chi connectivity index (χ0) is 23.3. The number of hydrogen-bond donors (Lipinski definition) is 2. The molecular weight excluding hydrogens is 428 g/mol. The van der Waals surface area contributed by atoms with E-state index >= 15 is 0 Å². The van der Waals surface area contributed by atoms with Crippen molar-refractivity contribution < 1.29 is 9.32 Å². The third-order valence-electron chi connectivity index (χ3n) is 5.16. The van der Waals surface area contributed by atoms with E-state index in [1.54, 1.807) is 24.7 Å². The Morgan fingerprint density at radius 2 is 1.76 bits per heavy atom. The Labute approximate surface area is 195 Å². The first-order valence-corrected chi connectivity index (χ1v) is 10.6. The highest BCUT2D eigenvalue weighted by Crippen LogP contribution is 2.25. The number of nitrogens with one attached hydrogen (secondary N) is 2. The van der Waals surface area contributed by atoms with Crippen LogP contribution in [0.4, 0.5) is 17.3 Å². The molecule has 0 aliphatic heterocycles. The van der Waals surface area contributed by atoms with Gasteiger partial charge in [0.25, 0.3) is 5.91 Å². The summed E-state index contributed by atoms with van der Waals surface area (Å²) in [5, 5.41) is 10.0. The predicted octanol–water partition coefficient (Wildman–Crippen LogP) is 5.50. The van der Waals surface area contributed by atoms with Gasteiger partial charge in [-0.3, -0.25) is 9.78 Å². The SMILES string of the molecule is Cc1ccc(Nc2nccc(-c3cccnc3)n2)cc1NC(=O)c1cc(-c2ccccc2)on1. The molecular formula is C26H20N6O2. The van der Waals surface area contributed by atoms with Crippen LogP contribution in [0, 0.1) is 6.92 Å².